The quantitative estimate of drug-likeness (QED) is 0.0355. The normalized spacial score (nSPS) is 18.1. The molecule has 4 N–H and O–H groups in total. The van der Waals surface area contributed by atoms with Crippen molar-refractivity contribution < 1.29 is 32.9 Å². The van der Waals surface area contributed by atoms with Crippen LogP contribution >= 0.6 is 18.7 Å². The van der Waals surface area contributed by atoms with Crippen molar-refractivity contribution >= 4 is 82.2 Å². The van der Waals surface area contributed by atoms with E-state index in [9.17, 15) is 28.1 Å². The Hall–Kier alpha value is -6.31. The lowest BCUT2D eigenvalue weighted by Crippen LogP contribution is -2.53. The van der Waals surface area contributed by atoms with Gasteiger partial charge in [-0.1, -0.05) is 48.2 Å². The van der Waals surface area contributed by atoms with Crippen LogP contribution in [-0.4, -0.2) is 127 Å². The molecule has 0 radical (unpaired) electrons. The van der Waals surface area contributed by atoms with Crippen LogP contribution in [0.5, 0.6) is 5.75 Å². The molecule has 1 aromatic heterocycles. The Morgan fingerprint density at radius 1 is 0.985 bits per heavy atom. The van der Waals surface area contributed by atoms with E-state index in [0.717, 1.165) is 63.1 Å². The van der Waals surface area contributed by atoms with Gasteiger partial charge in [-0.05, 0) is 81.5 Å². The summed E-state index contributed by atoms with van der Waals surface area (Å²) in [6.45, 7) is 13.0. The third kappa shape index (κ3) is 11.0. The van der Waals surface area contributed by atoms with Crippen LogP contribution in [0.1, 0.15) is 60.0 Å². The summed E-state index contributed by atoms with van der Waals surface area (Å²) in [5, 5.41) is 12.3. The highest BCUT2D eigenvalue weighted by atomic mass is 35.5. The predicted molar refractivity (Wildman–Crippen MR) is 263 cm³/mol. The number of carbonyl (C=O) groups is 4. The SMILES string of the molecule is C=C(F)C(=O)Nc1cc(Nc2ncc(Cl)c(Nc3ccccc3P(C)(C)=O)n2)c(OC)cc1N1CCC(N2CCN(CCCC#Cc3cccc4c3CN(C3CCC(=O)NC3=O)C4=O)CC2)CC1. The Balaban J connectivity index is 0.849. The number of rotatable bonds is 14. The molecule has 1 atom stereocenters. The molecule has 4 aliphatic rings. The van der Waals surface area contributed by atoms with E-state index in [2.05, 4.69) is 64.4 Å². The fourth-order valence-corrected chi connectivity index (χ4v) is 10.6. The molecular formula is C49H55ClFN10O6P. The Labute approximate surface area is 400 Å². The summed E-state index contributed by atoms with van der Waals surface area (Å²) in [5.74, 6) is 4.45. The van der Waals surface area contributed by atoms with E-state index in [-0.39, 0.29) is 35.0 Å². The zero-order chi connectivity index (χ0) is 48.1. The summed E-state index contributed by atoms with van der Waals surface area (Å²) >= 11 is 6.51. The smallest absolute Gasteiger partial charge is 0.283 e. The summed E-state index contributed by atoms with van der Waals surface area (Å²) in [6, 6.07) is 15.9. The molecule has 0 saturated carbocycles. The first-order valence-corrected chi connectivity index (χ1v) is 25.7. The van der Waals surface area contributed by atoms with Crippen LogP contribution < -0.4 is 36.2 Å². The van der Waals surface area contributed by atoms with Crippen LogP contribution in [-0.2, 0) is 25.5 Å². The highest BCUT2D eigenvalue weighted by Gasteiger charge is 2.40. The zero-order valence-corrected chi connectivity index (χ0v) is 40.0. The van der Waals surface area contributed by atoms with Crippen molar-refractivity contribution in [2.75, 3.05) is 87.1 Å². The Morgan fingerprint density at radius 2 is 1.75 bits per heavy atom. The number of hydrogen-bond donors (Lipinski definition) is 4. The molecule has 4 aliphatic heterocycles. The summed E-state index contributed by atoms with van der Waals surface area (Å²) < 4.78 is 33.0. The van der Waals surface area contributed by atoms with Crippen molar-refractivity contribution in [2.45, 2.75) is 57.2 Å². The molecule has 19 heteroatoms. The number of fused-ring (bicyclic) bond motifs is 1. The number of piperazine rings is 1. The van der Waals surface area contributed by atoms with Crippen molar-refractivity contribution in [1.82, 2.24) is 30.0 Å². The van der Waals surface area contributed by atoms with E-state index in [1.165, 1.54) is 13.3 Å². The number of methoxy groups -OCH3 is 1. The molecule has 16 nitrogen and oxygen atoms in total. The first kappa shape index (κ1) is 48.2. The standard InChI is InChI=1S/C49H55ClFN10O6P/c1-31(51)46(63)54-38-27-39(55-49-52-29-36(50)45(57-49)53-37-14-7-8-15-43(37)68(3,4)66)42(67-2)28-41(38)60-21-18-33(19-22-60)59-25-23-58(24-26-59)20-9-5-6-11-32-12-10-13-34-35(32)30-61(48(34)65)40-16-17-44(62)56-47(40)64/h7-8,10,12-15,27-29,33,40H,1,5,9,16-26,30H2,2-4H3,(H,54,63)(H,56,62,64)(H2,52,53,55,57). The number of hydrogen-bond acceptors (Lipinski definition) is 13. The number of piperidine rings is 2. The second kappa shape index (κ2) is 20.9. The van der Waals surface area contributed by atoms with E-state index in [0.29, 0.717) is 77.9 Å². The molecule has 3 fully saturated rings. The zero-order valence-electron chi connectivity index (χ0n) is 38.4. The van der Waals surface area contributed by atoms with E-state index >= 15 is 0 Å². The fraction of sp³-hybridized carbons (Fsp3) is 0.388. The van der Waals surface area contributed by atoms with Crippen molar-refractivity contribution in [3.8, 4) is 17.6 Å². The van der Waals surface area contributed by atoms with Gasteiger partial charge >= 0.3 is 0 Å². The van der Waals surface area contributed by atoms with Crippen LogP contribution in [0.15, 0.2) is 73.2 Å². The number of nitrogens with zero attached hydrogens (tertiary/aromatic N) is 6. The molecule has 356 valence electrons. The number of anilines is 6. The molecular weight excluding hydrogens is 910 g/mol. The minimum atomic E-state index is -2.64. The lowest BCUT2D eigenvalue weighted by atomic mass is 10.0. The molecule has 0 aliphatic carbocycles. The fourth-order valence-electron chi connectivity index (χ4n) is 9.28. The summed E-state index contributed by atoms with van der Waals surface area (Å²) in [4.78, 5) is 67.8. The Morgan fingerprint density at radius 3 is 2.47 bits per heavy atom. The average Bonchev–Trinajstić information content (AvgIpc) is 3.66. The number of amides is 4. The maximum Gasteiger partial charge on any atom is 0.283 e. The minimum Gasteiger partial charge on any atom is -0.494 e. The second-order valence-corrected chi connectivity index (χ2v) is 21.3. The summed E-state index contributed by atoms with van der Waals surface area (Å²) in [5.41, 5.74) is 4.23. The van der Waals surface area contributed by atoms with Crippen molar-refractivity contribution in [1.29, 1.82) is 0 Å². The Bertz CT molecular complexity index is 2740. The number of aromatic nitrogens is 2. The van der Waals surface area contributed by atoms with Gasteiger partial charge in [0.25, 0.3) is 11.8 Å². The molecule has 68 heavy (non-hydrogen) atoms. The van der Waals surface area contributed by atoms with Crippen molar-refractivity contribution in [3.05, 3.63) is 94.9 Å². The maximum absolute atomic E-state index is 14.1. The molecule has 0 bridgehead atoms. The lowest BCUT2D eigenvalue weighted by molar-refractivity contribution is -0.137. The van der Waals surface area contributed by atoms with Gasteiger partial charge in [-0.3, -0.25) is 29.4 Å². The number of para-hydroxylation sites is 1. The van der Waals surface area contributed by atoms with E-state index in [1.54, 1.807) is 48.6 Å². The number of carbonyl (C=O) groups excluding carboxylic acids is 4. The molecule has 1 unspecified atom stereocenters. The first-order valence-electron chi connectivity index (χ1n) is 22.7. The van der Waals surface area contributed by atoms with Crippen LogP contribution in [0.4, 0.5) is 38.9 Å². The Kier molecular flexibility index (Phi) is 14.8. The molecule has 3 saturated heterocycles. The molecule has 0 spiro atoms. The van der Waals surface area contributed by atoms with Crippen LogP contribution in [0.3, 0.4) is 0 Å². The van der Waals surface area contributed by atoms with Gasteiger partial charge < -0.3 is 40.0 Å². The third-order valence-corrected chi connectivity index (χ3v) is 14.7. The van der Waals surface area contributed by atoms with Gasteiger partial charge in [0.05, 0.1) is 36.1 Å². The van der Waals surface area contributed by atoms with Gasteiger partial charge in [0.1, 0.15) is 24.0 Å². The van der Waals surface area contributed by atoms with Crippen LogP contribution in [0, 0.1) is 11.8 Å². The van der Waals surface area contributed by atoms with Crippen molar-refractivity contribution in [2.24, 2.45) is 0 Å². The number of nitrogens with one attached hydrogen (secondary N) is 4. The third-order valence-electron chi connectivity index (χ3n) is 12.8. The first-order chi connectivity index (χ1) is 32.7. The number of imide groups is 1. The van der Waals surface area contributed by atoms with Gasteiger partial charge in [0, 0.05) is 87.2 Å². The summed E-state index contributed by atoms with van der Waals surface area (Å²) in [6.07, 6.45) is 5.38. The predicted octanol–water partition coefficient (Wildman–Crippen LogP) is 6.47. The lowest BCUT2D eigenvalue weighted by Gasteiger charge is -2.43. The van der Waals surface area contributed by atoms with Gasteiger partial charge in [-0.2, -0.15) is 4.98 Å². The van der Waals surface area contributed by atoms with Crippen LogP contribution in [0.2, 0.25) is 5.02 Å². The van der Waals surface area contributed by atoms with Crippen LogP contribution in [0.25, 0.3) is 0 Å². The van der Waals surface area contributed by atoms with E-state index < -0.39 is 30.8 Å². The van der Waals surface area contributed by atoms with E-state index in [4.69, 9.17) is 16.3 Å². The molecule has 3 aromatic carbocycles. The van der Waals surface area contributed by atoms with Gasteiger partial charge in [-0.25, -0.2) is 9.37 Å². The number of unbranched alkanes of at least 4 members (excludes halogenated alkanes) is 1. The van der Waals surface area contributed by atoms with Gasteiger partial charge in [-0.15, -0.1) is 0 Å². The second-order valence-electron chi connectivity index (χ2n) is 17.7. The topological polar surface area (TPSA) is 181 Å². The highest BCUT2D eigenvalue weighted by molar-refractivity contribution is 7.70. The molecule has 8 rings (SSSR count). The number of benzene rings is 3. The largest absolute Gasteiger partial charge is 0.494 e. The maximum atomic E-state index is 14.1. The highest BCUT2D eigenvalue weighted by Crippen LogP contribution is 2.41. The number of halogens is 2. The molecule has 4 aromatic rings. The minimum absolute atomic E-state index is 0.159. The molecule has 4 amide bonds. The monoisotopic (exact) mass is 964 g/mol. The van der Waals surface area contributed by atoms with Crippen molar-refractivity contribution in [3.63, 3.8) is 0 Å². The number of ether oxygens (including phenoxy) is 1. The average molecular weight is 965 g/mol. The molecule has 5 heterocycles. The van der Waals surface area contributed by atoms with E-state index in [1.807, 2.05) is 24.3 Å². The van der Waals surface area contributed by atoms with Gasteiger partial charge in [0.15, 0.2) is 11.6 Å². The van der Waals surface area contributed by atoms with Gasteiger partial charge in [0.2, 0.25) is 17.8 Å². The summed E-state index contributed by atoms with van der Waals surface area (Å²) in [7, 11) is -1.10.